The molecule has 1 heterocycles. The maximum Gasteiger partial charge on any atom is 0.0672 e. The van der Waals surface area contributed by atoms with Crippen LogP contribution in [0.5, 0.6) is 0 Å². The van der Waals surface area contributed by atoms with Gasteiger partial charge < -0.3 is 0 Å². The first kappa shape index (κ1) is 12.5. The Labute approximate surface area is 111 Å². The molecule has 18 heavy (non-hydrogen) atoms. The van der Waals surface area contributed by atoms with Crippen molar-refractivity contribution in [3.05, 3.63) is 0 Å². The molecule has 5 atom stereocenters. The van der Waals surface area contributed by atoms with Crippen LogP contribution in [-0.4, -0.2) is 23.5 Å². The molecule has 0 radical (unpaired) electrons. The van der Waals surface area contributed by atoms with E-state index in [2.05, 4.69) is 17.9 Å². The van der Waals surface area contributed by atoms with E-state index in [4.69, 9.17) is 0 Å². The topological polar surface area (TPSA) is 27.0 Å². The fourth-order valence-electron chi connectivity index (χ4n) is 4.77. The quantitative estimate of drug-likeness (QED) is 0.707. The molecular weight excluding hydrogens is 220 g/mol. The summed E-state index contributed by atoms with van der Waals surface area (Å²) in [5.74, 6) is 2.08. The molecule has 3 fully saturated rings. The molecule has 0 aromatic carbocycles. The Kier molecular flexibility index (Phi) is 3.61. The van der Waals surface area contributed by atoms with Crippen molar-refractivity contribution in [1.82, 2.24) is 4.90 Å². The zero-order chi connectivity index (χ0) is 12.5. The highest BCUT2D eigenvalue weighted by molar-refractivity contribution is 5.01. The van der Waals surface area contributed by atoms with E-state index in [1.807, 2.05) is 0 Å². The first-order chi connectivity index (χ1) is 8.79. The zero-order valence-corrected chi connectivity index (χ0v) is 11.6. The predicted molar refractivity (Wildman–Crippen MR) is 73.0 cm³/mol. The Balaban J connectivity index is 1.76. The van der Waals surface area contributed by atoms with Crippen molar-refractivity contribution in [3.63, 3.8) is 0 Å². The third-order valence-corrected chi connectivity index (χ3v) is 5.71. The zero-order valence-electron chi connectivity index (χ0n) is 11.6. The molecule has 2 aliphatic carbocycles. The second kappa shape index (κ2) is 5.21. The van der Waals surface area contributed by atoms with Crippen LogP contribution in [0.2, 0.25) is 0 Å². The Hall–Kier alpha value is -0.550. The van der Waals surface area contributed by atoms with Gasteiger partial charge in [0.05, 0.1) is 12.0 Å². The maximum atomic E-state index is 9.44. The average Bonchev–Trinajstić information content (AvgIpc) is 2.86. The summed E-state index contributed by atoms with van der Waals surface area (Å²) in [4.78, 5) is 2.77. The van der Waals surface area contributed by atoms with Crippen LogP contribution in [0.1, 0.15) is 58.3 Å². The van der Waals surface area contributed by atoms with E-state index in [-0.39, 0.29) is 0 Å². The summed E-state index contributed by atoms with van der Waals surface area (Å²) in [5.41, 5.74) is 0. The molecule has 0 aromatic rings. The number of hydrogen-bond acceptors (Lipinski definition) is 2. The van der Waals surface area contributed by atoms with Crippen LogP contribution in [0, 0.1) is 29.1 Å². The fraction of sp³-hybridized carbons (Fsp3) is 0.938. The third-order valence-electron chi connectivity index (χ3n) is 5.71. The van der Waals surface area contributed by atoms with Gasteiger partial charge in [0.1, 0.15) is 0 Å². The van der Waals surface area contributed by atoms with Crippen molar-refractivity contribution in [1.29, 1.82) is 5.26 Å². The van der Waals surface area contributed by atoms with Crippen LogP contribution in [-0.2, 0) is 0 Å². The highest BCUT2D eigenvalue weighted by Gasteiger charge is 2.42. The van der Waals surface area contributed by atoms with Crippen LogP contribution in [0.15, 0.2) is 0 Å². The molecule has 0 amide bonds. The fourth-order valence-corrected chi connectivity index (χ4v) is 4.77. The van der Waals surface area contributed by atoms with E-state index in [9.17, 15) is 5.26 Å². The molecule has 3 rings (SSSR count). The lowest BCUT2D eigenvalue weighted by Gasteiger charge is -2.47. The van der Waals surface area contributed by atoms with Crippen molar-refractivity contribution in [2.24, 2.45) is 17.8 Å². The Morgan fingerprint density at radius 3 is 2.67 bits per heavy atom. The smallest absolute Gasteiger partial charge is 0.0672 e. The van der Waals surface area contributed by atoms with Crippen LogP contribution >= 0.6 is 0 Å². The molecule has 0 bridgehead atoms. The lowest BCUT2D eigenvalue weighted by atomic mass is 9.77. The molecular formula is C16H26N2. The number of piperidine rings is 1. The second-order valence-corrected chi connectivity index (χ2v) is 6.86. The maximum absolute atomic E-state index is 9.44. The number of rotatable bonds is 1. The van der Waals surface area contributed by atoms with E-state index in [0.29, 0.717) is 12.0 Å². The number of nitrogens with zero attached hydrogens (tertiary/aromatic N) is 2. The summed E-state index contributed by atoms with van der Waals surface area (Å²) >= 11 is 0. The van der Waals surface area contributed by atoms with Crippen LogP contribution in [0.3, 0.4) is 0 Å². The molecule has 0 aromatic heterocycles. The molecule has 2 heteroatoms. The van der Waals surface area contributed by atoms with Gasteiger partial charge in [-0.05, 0) is 63.3 Å². The molecule has 100 valence electrons. The second-order valence-electron chi connectivity index (χ2n) is 6.86. The van der Waals surface area contributed by atoms with Gasteiger partial charge in [0.2, 0.25) is 0 Å². The largest absolute Gasteiger partial charge is 0.296 e. The summed E-state index contributed by atoms with van der Waals surface area (Å²) in [6, 6.07) is 4.01. The lowest BCUT2D eigenvalue weighted by molar-refractivity contribution is 0.0230. The Morgan fingerprint density at radius 1 is 1.00 bits per heavy atom. The molecule has 3 aliphatic rings. The van der Waals surface area contributed by atoms with Gasteiger partial charge in [0, 0.05) is 12.1 Å². The van der Waals surface area contributed by atoms with Gasteiger partial charge >= 0.3 is 0 Å². The average molecular weight is 246 g/mol. The summed E-state index contributed by atoms with van der Waals surface area (Å²) in [6.45, 7) is 3.63. The van der Waals surface area contributed by atoms with Gasteiger partial charge in [-0.2, -0.15) is 5.26 Å². The summed E-state index contributed by atoms with van der Waals surface area (Å²) in [7, 11) is 0. The molecule has 5 unspecified atom stereocenters. The van der Waals surface area contributed by atoms with Gasteiger partial charge in [0.25, 0.3) is 0 Å². The Morgan fingerprint density at radius 2 is 1.83 bits per heavy atom. The van der Waals surface area contributed by atoms with Crippen molar-refractivity contribution in [3.8, 4) is 6.07 Å². The molecule has 0 N–H and O–H groups in total. The van der Waals surface area contributed by atoms with E-state index in [1.54, 1.807) is 0 Å². The molecule has 0 spiro atoms. The van der Waals surface area contributed by atoms with Crippen molar-refractivity contribution >= 4 is 0 Å². The normalized spacial score (nSPS) is 45.4. The Bertz CT molecular complexity index is 332. The van der Waals surface area contributed by atoms with E-state index in [1.165, 1.54) is 51.5 Å². The minimum absolute atomic E-state index is 0.306. The van der Waals surface area contributed by atoms with Gasteiger partial charge in [-0.3, -0.25) is 4.90 Å². The minimum atomic E-state index is 0.306. The highest BCUT2D eigenvalue weighted by Crippen LogP contribution is 2.42. The highest BCUT2D eigenvalue weighted by atomic mass is 15.2. The molecule has 2 saturated carbocycles. The van der Waals surface area contributed by atoms with Crippen LogP contribution in [0.4, 0.5) is 0 Å². The van der Waals surface area contributed by atoms with Crippen LogP contribution < -0.4 is 0 Å². The first-order valence-corrected chi connectivity index (χ1v) is 7.95. The van der Waals surface area contributed by atoms with Crippen molar-refractivity contribution in [2.45, 2.75) is 70.4 Å². The lowest BCUT2D eigenvalue weighted by Crippen LogP contribution is -2.52. The molecule has 1 aliphatic heterocycles. The van der Waals surface area contributed by atoms with Gasteiger partial charge in [-0.1, -0.05) is 13.3 Å². The summed E-state index contributed by atoms with van der Waals surface area (Å²) in [5, 5.41) is 9.44. The SMILES string of the molecule is CC1CCC(C#N)C(N2CCCC3CCCC32)C1. The van der Waals surface area contributed by atoms with Gasteiger partial charge in [0.15, 0.2) is 0 Å². The molecule has 2 nitrogen and oxygen atoms in total. The minimum Gasteiger partial charge on any atom is -0.296 e. The van der Waals surface area contributed by atoms with E-state index in [0.717, 1.165) is 24.3 Å². The third kappa shape index (κ3) is 2.18. The number of likely N-dealkylation sites (tertiary alicyclic amines) is 1. The predicted octanol–water partition coefficient (Wildman–Crippen LogP) is 3.58. The molecule has 1 saturated heterocycles. The van der Waals surface area contributed by atoms with Gasteiger partial charge in [-0.15, -0.1) is 0 Å². The van der Waals surface area contributed by atoms with Crippen molar-refractivity contribution < 1.29 is 0 Å². The summed E-state index contributed by atoms with van der Waals surface area (Å²) < 4.78 is 0. The van der Waals surface area contributed by atoms with E-state index < -0.39 is 0 Å². The van der Waals surface area contributed by atoms with Crippen LogP contribution in [0.25, 0.3) is 0 Å². The monoisotopic (exact) mass is 246 g/mol. The standard InChI is InChI=1S/C16H26N2/c1-12-7-8-14(11-17)16(10-12)18-9-3-5-13-4-2-6-15(13)18/h12-16H,2-10H2,1H3. The van der Waals surface area contributed by atoms with E-state index >= 15 is 0 Å². The summed E-state index contributed by atoms with van der Waals surface area (Å²) in [6.07, 6.45) is 10.7. The first-order valence-electron chi connectivity index (χ1n) is 7.95. The number of hydrogen-bond donors (Lipinski definition) is 0. The van der Waals surface area contributed by atoms with Gasteiger partial charge in [-0.25, -0.2) is 0 Å². The number of fused-ring (bicyclic) bond motifs is 1. The number of nitriles is 1. The van der Waals surface area contributed by atoms with Crippen molar-refractivity contribution in [2.75, 3.05) is 6.54 Å².